The Kier molecular flexibility index (Phi) is 4.54. The Balaban J connectivity index is 1.69. The van der Waals surface area contributed by atoms with E-state index in [1.165, 1.54) is 4.88 Å². The van der Waals surface area contributed by atoms with Gasteiger partial charge in [0.2, 0.25) is 0 Å². The topological polar surface area (TPSA) is 69.0 Å². The molecule has 2 aromatic rings. The molecule has 1 atom stereocenters. The zero-order valence-electron chi connectivity index (χ0n) is 12.8. The first kappa shape index (κ1) is 15.2. The second-order valence-electron chi connectivity index (χ2n) is 5.42. The molecule has 0 aromatic carbocycles. The minimum absolute atomic E-state index is 0.0942. The van der Waals surface area contributed by atoms with E-state index in [0.717, 1.165) is 30.2 Å². The summed E-state index contributed by atoms with van der Waals surface area (Å²) in [6, 6.07) is 0. The van der Waals surface area contributed by atoms with Gasteiger partial charge in [-0.3, -0.25) is 9.48 Å². The molecule has 0 saturated carbocycles. The second-order valence-corrected chi connectivity index (χ2v) is 6.62. The van der Waals surface area contributed by atoms with Crippen molar-refractivity contribution in [1.82, 2.24) is 20.1 Å². The summed E-state index contributed by atoms with van der Waals surface area (Å²) in [6.07, 6.45) is 5.55. The van der Waals surface area contributed by atoms with Crippen molar-refractivity contribution in [3.63, 3.8) is 0 Å². The van der Waals surface area contributed by atoms with E-state index in [1.54, 1.807) is 22.2 Å². The van der Waals surface area contributed by atoms with Crippen LogP contribution in [0.5, 0.6) is 0 Å². The molecule has 1 saturated heterocycles. The number of thiazole rings is 1. The van der Waals surface area contributed by atoms with Crippen LogP contribution >= 0.6 is 11.3 Å². The van der Waals surface area contributed by atoms with Gasteiger partial charge in [0.25, 0.3) is 5.91 Å². The highest BCUT2D eigenvalue weighted by Crippen LogP contribution is 2.26. The first-order valence-electron chi connectivity index (χ1n) is 7.50. The number of amides is 1. The Labute approximate surface area is 133 Å². The van der Waals surface area contributed by atoms with Gasteiger partial charge >= 0.3 is 0 Å². The summed E-state index contributed by atoms with van der Waals surface area (Å²) in [7, 11) is 1.84. The van der Waals surface area contributed by atoms with Gasteiger partial charge in [0.1, 0.15) is 5.01 Å². The normalized spacial score (nSPS) is 17.8. The maximum atomic E-state index is 12.5. The summed E-state index contributed by atoms with van der Waals surface area (Å²) in [6.45, 7) is 3.94. The number of carbonyl (C=O) groups excluding carboxylic acids is 1. The summed E-state index contributed by atoms with van der Waals surface area (Å²) in [5.41, 5.74) is 1.48. The van der Waals surface area contributed by atoms with Crippen molar-refractivity contribution in [1.29, 1.82) is 0 Å². The van der Waals surface area contributed by atoms with Crippen molar-refractivity contribution in [2.24, 2.45) is 7.05 Å². The largest absolute Gasteiger partial charge is 0.381 e. The molecule has 7 heteroatoms. The predicted octanol–water partition coefficient (Wildman–Crippen LogP) is 1.87. The van der Waals surface area contributed by atoms with E-state index < -0.39 is 0 Å². The number of carbonyl (C=O) groups is 1. The zero-order valence-corrected chi connectivity index (χ0v) is 13.7. The van der Waals surface area contributed by atoms with Gasteiger partial charge in [0.05, 0.1) is 24.4 Å². The SMILES string of the molecule is CCc1cnc(CNC(=O)c2cn(C)nc2[C@@H]2CCOC2)s1. The molecular weight excluding hydrogens is 300 g/mol. The van der Waals surface area contributed by atoms with E-state index in [2.05, 4.69) is 22.3 Å². The number of aromatic nitrogens is 3. The molecule has 118 valence electrons. The number of nitrogens with one attached hydrogen (secondary N) is 1. The van der Waals surface area contributed by atoms with Crippen LogP contribution in [0, 0.1) is 0 Å². The third-order valence-electron chi connectivity index (χ3n) is 3.77. The van der Waals surface area contributed by atoms with Gasteiger partial charge in [-0.1, -0.05) is 6.92 Å². The van der Waals surface area contributed by atoms with Crippen LogP contribution in [-0.2, 0) is 24.8 Å². The average molecular weight is 320 g/mol. The highest BCUT2D eigenvalue weighted by atomic mass is 32.1. The summed E-state index contributed by atoms with van der Waals surface area (Å²) in [5.74, 6) is 0.122. The fourth-order valence-electron chi connectivity index (χ4n) is 2.58. The molecule has 1 N–H and O–H groups in total. The molecule has 2 aromatic heterocycles. The van der Waals surface area contributed by atoms with Crippen molar-refractivity contribution >= 4 is 17.2 Å². The van der Waals surface area contributed by atoms with Crippen molar-refractivity contribution in [3.05, 3.63) is 33.5 Å². The Morgan fingerprint density at radius 1 is 1.59 bits per heavy atom. The van der Waals surface area contributed by atoms with Crippen LogP contribution in [0.2, 0.25) is 0 Å². The maximum absolute atomic E-state index is 12.5. The van der Waals surface area contributed by atoms with Crippen molar-refractivity contribution < 1.29 is 9.53 Å². The molecule has 0 unspecified atom stereocenters. The molecule has 6 nitrogen and oxygen atoms in total. The lowest BCUT2D eigenvalue weighted by atomic mass is 10.0. The van der Waals surface area contributed by atoms with E-state index in [0.29, 0.717) is 18.7 Å². The van der Waals surface area contributed by atoms with E-state index in [4.69, 9.17) is 4.74 Å². The number of ether oxygens (including phenoxy) is 1. The van der Waals surface area contributed by atoms with Crippen LogP contribution in [0.3, 0.4) is 0 Å². The molecule has 0 spiro atoms. The minimum Gasteiger partial charge on any atom is -0.381 e. The lowest BCUT2D eigenvalue weighted by molar-refractivity contribution is 0.0949. The minimum atomic E-state index is -0.0942. The third-order valence-corrected chi connectivity index (χ3v) is 4.91. The maximum Gasteiger partial charge on any atom is 0.255 e. The molecule has 1 aliphatic heterocycles. The average Bonchev–Trinajstić information content (AvgIpc) is 3.24. The van der Waals surface area contributed by atoms with Gasteiger partial charge in [0, 0.05) is 36.8 Å². The van der Waals surface area contributed by atoms with Gasteiger partial charge in [-0.15, -0.1) is 11.3 Å². The molecule has 1 fully saturated rings. The summed E-state index contributed by atoms with van der Waals surface area (Å²) >= 11 is 1.64. The van der Waals surface area contributed by atoms with E-state index in [-0.39, 0.29) is 11.8 Å². The molecule has 3 heterocycles. The first-order chi connectivity index (χ1) is 10.7. The van der Waals surface area contributed by atoms with Gasteiger partial charge < -0.3 is 10.1 Å². The second kappa shape index (κ2) is 6.58. The van der Waals surface area contributed by atoms with Crippen LogP contribution in [0.25, 0.3) is 0 Å². The van der Waals surface area contributed by atoms with Crippen LogP contribution in [0.15, 0.2) is 12.4 Å². The molecule has 1 amide bonds. The number of aryl methyl sites for hydroxylation is 2. The standard InChI is InChI=1S/C15H20N4O2S/c1-3-11-6-16-13(22-11)7-17-15(20)12-8-19(2)18-14(12)10-4-5-21-9-10/h6,8,10H,3-5,7,9H2,1-2H3,(H,17,20)/t10-/m1/s1. The molecule has 0 bridgehead atoms. The monoisotopic (exact) mass is 320 g/mol. The Hall–Kier alpha value is -1.73. The first-order valence-corrected chi connectivity index (χ1v) is 8.32. The fourth-order valence-corrected chi connectivity index (χ4v) is 3.38. The molecule has 0 aliphatic carbocycles. The lowest BCUT2D eigenvalue weighted by Gasteiger charge is -2.07. The smallest absolute Gasteiger partial charge is 0.255 e. The van der Waals surface area contributed by atoms with Crippen LogP contribution in [-0.4, -0.2) is 33.9 Å². The Bertz CT molecular complexity index is 658. The number of hydrogen-bond donors (Lipinski definition) is 1. The summed E-state index contributed by atoms with van der Waals surface area (Å²) < 4.78 is 7.11. The van der Waals surface area contributed by atoms with Crippen LogP contribution < -0.4 is 5.32 Å². The Morgan fingerprint density at radius 3 is 3.14 bits per heavy atom. The van der Waals surface area contributed by atoms with E-state index in [1.807, 2.05) is 13.2 Å². The number of nitrogens with zero attached hydrogens (tertiary/aromatic N) is 3. The van der Waals surface area contributed by atoms with Gasteiger partial charge in [0.15, 0.2) is 0 Å². The zero-order chi connectivity index (χ0) is 15.5. The Morgan fingerprint density at radius 2 is 2.45 bits per heavy atom. The van der Waals surface area contributed by atoms with Crippen molar-refractivity contribution in [2.75, 3.05) is 13.2 Å². The molecule has 3 rings (SSSR count). The molecule has 1 aliphatic rings. The predicted molar refractivity (Wildman–Crippen MR) is 84.0 cm³/mol. The van der Waals surface area contributed by atoms with E-state index >= 15 is 0 Å². The fraction of sp³-hybridized carbons (Fsp3) is 0.533. The summed E-state index contributed by atoms with van der Waals surface area (Å²) in [5, 5.41) is 8.32. The molecule has 0 radical (unpaired) electrons. The highest BCUT2D eigenvalue weighted by Gasteiger charge is 2.26. The van der Waals surface area contributed by atoms with E-state index in [9.17, 15) is 4.79 Å². The number of hydrogen-bond acceptors (Lipinski definition) is 5. The molecule has 22 heavy (non-hydrogen) atoms. The van der Waals surface area contributed by atoms with Gasteiger partial charge in [-0.25, -0.2) is 4.98 Å². The van der Waals surface area contributed by atoms with Crippen molar-refractivity contribution in [3.8, 4) is 0 Å². The van der Waals surface area contributed by atoms with Crippen molar-refractivity contribution in [2.45, 2.75) is 32.2 Å². The third kappa shape index (κ3) is 3.20. The highest BCUT2D eigenvalue weighted by molar-refractivity contribution is 7.11. The van der Waals surface area contributed by atoms with Gasteiger partial charge in [-0.05, 0) is 12.8 Å². The lowest BCUT2D eigenvalue weighted by Crippen LogP contribution is -2.24. The van der Waals surface area contributed by atoms with Crippen LogP contribution in [0.1, 0.15) is 45.2 Å². The number of rotatable bonds is 5. The molecular formula is C15H20N4O2S. The quantitative estimate of drug-likeness (QED) is 0.913. The summed E-state index contributed by atoms with van der Waals surface area (Å²) in [4.78, 5) is 18.0. The van der Waals surface area contributed by atoms with Crippen LogP contribution in [0.4, 0.5) is 0 Å². The van der Waals surface area contributed by atoms with Gasteiger partial charge in [-0.2, -0.15) is 5.10 Å².